The topological polar surface area (TPSA) is 56.4 Å². The lowest BCUT2D eigenvalue weighted by Gasteiger charge is -2.07. The number of nitrogens with zero attached hydrogens (tertiary/aromatic N) is 3. The van der Waals surface area contributed by atoms with E-state index in [2.05, 4.69) is 5.10 Å². The van der Waals surface area contributed by atoms with E-state index in [1.807, 2.05) is 43.5 Å². The second-order valence-electron chi connectivity index (χ2n) is 5.05. The van der Waals surface area contributed by atoms with Gasteiger partial charge in [-0.3, -0.25) is 14.2 Å². The predicted octanol–water partition coefficient (Wildman–Crippen LogP) is 2.16. The van der Waals surface area contributed by atoms with Crippen molar-refractivity contribution in [1.29, 1.82) is 0 Å². The monoisotopic (exact) mass is 313 g/mol. The molecule has 3 aromatic rings. The Morgan fingerprint density at radius 1 is 1.27 bits per heavy atom. The summed E-state index contributed by atoms with van der Waals surface area (Å²) in [5.74, 6) is 0. The molecular weight excluding hydrogens is 298 g/mol. The van der Waals surface area contributed by atoms with Gasteiger partial charge in [0.05, 0.1) is 0 Å². The summed E-state index contributed by atoms with van der Waals surface area (Å²) in [6.07, 6.45) is 4.57. The van der Waals surface area contributed by atoms with Gasteiger partial charge >= 0.3 is 0 Å². The fraction of sp³-hybridized carbons (Fsp3) is 0.188. The Balaban J connectivity index is 2.06. The number of fused-ring (bicyclic) bond motifs is 1. The zero-order valence-corrected chi connectivity index (χ0v) is 13.1. The zero-order chi connectivity index (χ0) is 15.7. The number of benzene rings is 1. The van der Waals surface area contributed by atoms with E-state index in [-0.39, 0.29) is 5.56 Å². The van der Waals surface area contributed by atoms with Crippen LogP contribution in [0.3, 0.4) is 0 Å². The van der Waals surface area contributed by atoms with Gasteiger partial charge in [-0.1, -0.05) is 12.1 Å². The molecule has 0 saturated carbocycles. The van der Waals surface area contributed by atoms with Gasteiger partial charge in [-0.05, 0) is 42.5 Å². The summed E-state index contributed by atoms with van der Waals surface area (Å²) >= 11 is 1.69. The molecule has 2 heterocycles. The van der Waals surface area contributed by atoms with Gasteiger partial charge in [-0.2, -0.15) is 9.61 Å². The predicted molar refractivity (Wildman–Crippen MR) is 87.4 cm³/mol. The number of pyridine rings is 1. The van der Waals surface area contributed by atoms with E-state index >= 15 is 0 Å². The van der Waals surface area contributed by atoms with Crippen LogP contribution in [0.4, 0.5) is 0 Å². The number of carbonyl (C=O) groups is 1. The molecule has 0 aliphatic heterocycles. The van der Waals surface area contributed by atoms with Crippen molar-refractivity contribution in [1.82, 2.24) is 14.2 Å². The van der Waals surface area contributed by atoms with Crippen molar-refractivity contribution in [2.24, 2.45) is 0 Å². The second-order valence-corrected chi connectivity index (χ2v) is 5.93. The van der Waals surface area contributed by atoms with Gasteiger partial charge in [-0.25, -0.2) is 0 Å². The highest BCUT2D eigenvalue weighted by atomic mass is 32.2. The molecule has 0 unspecified atom stereocenters. The zero-order valence-electron chi connectivity index (χ0n) is 12.3. The molecule has 0 amide bonds. The first kappa shape index (κ1) is 14.6. The van der Waals surface area contributed by atoms with Crippen LogP contribution in [0, 0.1) is 6.92 Å². The number of hydrogen-bond donors (Lipinski definition) is 0. The van der Waals surface area contributed by atoms with Crippen LogP contribution in [0.1, 0.15) is 16.7 Å². The summed E-state index contributed by atoms with van der Waals surface area (Å²) in [5.41, 5.74) is 2.95. The van der Waals surface area contributed by atoms with Gasteiger partial charge in [0.2, 0.25) is 6.41 Å². The van der Waals surface area contributed by atoms with Crippen molar-refractivity contribution in [2.75, 3.05) is 6.26 Å². The highest BCUT2D eigenvalue weighted by molar-refractivity contribution is 7.98. The van der Waals surface area contributed by atoms with Gasteiger partial charge in [0, 0.05) is 16.9 Å². The van der Waals surface area contributed by atoms with Crippen molar-refractivity contribution in [3.8, 4) is 0 Å². The van der Waals surface area contributed by atoms with E-state index < -0.39 is 0 Å². The molecule has 2 aromatic heterocycles. The minimum absolute atomic E-state index is 0.176. The van der Waals surface area contributed by atoms with Crippen LogP contribution < -0.4 is 5.56 Å². The maximum atomic E-state index is 12.6. The molecule has 1 aromatic carbocycles. The number of carbonyl (C=O) groups excluding carboxylic acids is 1. The molecule has 6 heteroatoms. The van der Waals surface area contributed by atoms with E-state index in [0.29, 0.717) is 24.0 Å². The smallest absolute Gasteiger partial charge is 0.276 e. The summed E-state index contributed by atoms with van der Waals surface area (Å²) in [6.45, 7) is 1.88. The summed E-state index contributed by atoms with van der Waals surface area (Å²) in [7, 11) is 0. The lowest BCUT2D eigenvalue weighted by Crippen LogP contribution is -2.21. The molecule has 22 heavy (non-hydrogen) atoms. The van der Waals surface area contributed by atoms with Gasteiger partial charge in [0.15, 0.2) is 0 Å². The Morgan fingerprint density at radius 3 is 2.64 bits per heavy atom. The largest absolute Gasteiger partial charge is 0.278 e. The molecule has 0 atom stereocenters. The minimum Gasteiger partial charge on any atom is -0.278 e. The third-order valence-corrected chi connectivity index (χ3v) is 4.44. The maximum absolute atomic E-state index is 12.6. The Labute approximate surface area is 131 Å². The molecule has 0 fully saturated rings. The van der Waals surface area contributed by atoms with Crippen molar-refractivity contribution >= 4 is 23.8 Å². The Bertz CT molecular complexity index is 894. The molecule has 0 spiro atoms. The molecule has 0 N–H and O–H groups in total. The van der Waals surface area contributed by atoms with Crippen LogP contribution >= 0.6 is 11.8 Å². The van der Waals surface area contributed by atoms with Gasteiger partial charge in [0.1, 0.15) is 12.0 Å². The van der Waals surface area contributed by atoms with Crippen LogP contribution in [-0.2, 0) is 11.2 Å². The Morgan fingerprint density at radius 2 is 2.00 bits per heavy atom. The normalized spacial score (nSPS) is 11.0. The van der Waals surface area contributed by atoms with Crippen molar-refractivity contribution < 1.29 is 4.79 Å². The summed E-state index contributed by atoms with van der Waals surface area (Å²) < 4.78 is 2.57. The molecule has 5 nitrogen and oxygen atoms in total. The summed E-state index contributed by atoms with van der Waals surface area (Å²) in [4.78, 5) is 24.7. The minimum atomic E-state index is -0.176. The van der Waals surface area contributed by atoms with Crippen LogP contribution in [0.25, 0.3) is 5.65 Å². The molecule has 0 aliphatic rings. The quantitative estimate of drug-likeness (QED) is 0.547. The van der Waals surface area contributed by atoms with Crippen molar-refractivity contribution in [3.05, 3.63) is 63.7 Å². The standard InChI is InChI=1S/C16H15N3O2S/c1-11-7-15-18(10-20)9-17-19(15)16(21)14(11)8-12-3-5-13(22-2)6-4-12/h3-7,9-10H,8H2,1-2H3. The molecule has 3 rings (SSSR count). The molecular formula is C16H15N3O2S. The van der Waals surface area contributed by atoms with Gasteiger partial charge in [0.25, 0.3) is 5.56 Å². The van der Waals surface area contributed by atoms with Gasteiger partial charge < -0.3 is 0 Å². The summed E-state index contributed by atoms with van der Waals surface area (Å²) in [5, 5.41) is 3.99. The maximum Gasteiger partial charge on any atom is 0.276 e. The lowest BCUT2D eigenvalue weighted by atomic mass is 10.0. The van der Waals surface area contributed by atoms with E-state index in [0.717, 1.165) is 11.1 Å². The Hall–Kier alpha value is -2.34. The fourth-order valence-corrected chi connectivity index (χ4v) is 2.86. The van der Waals surface area contributed by atoms with Crippen molar-refractivity contribution in [3.63, 3.8) is 0 Å². The van der Waals surface area contributed by atoms with Crippen LogP contribution in [-0.4, -0.2) is 26.8 Å². The third kappa shape index (κ3) is 2.46. The average Bonchev–Trinajstić information content (AvgIpc) is 2.95. The van der Waals surface area contributed by atoms with Gasteiger partial charge in [-0.15, -0.1) is 11.8 Å². The van der Waals surface area contributed by atoms with Crippen molar-refractivity contribution in [2.45, 2.75) is 18.2 Å². The molecule has 0 saturated heterocycles. The molecule has 0 aliphatic carbocycles. The highest BCUT2D eigenvalue weighted by Crippen LogP contribution is 2.17. The van der Waals surface area contributed by atoms with Crippen LogP contribution in [0.5, 0.6) is 0 Å². The van der Waals surface area contributed by atoms with E-state index in [1.165, 1.54) is 20.3 Å². The number of rotatable bonds is 4. The van der Waals surface area contributed by atoms with E-state index in [9.17, 15) is 9.59 Å². The molecule has 0 radical (unpaired) electrons. The number of aryl methyl sites for hydroxylation is 1. The average molecular weight is 313 g/mol. The van der Waals surface area contributed by atoms with E-state index in [4.69, 9.17) is 0 Å². The molecule has 0 bridgehead atoms. The summed E-state index contributed by atoms with van der Waals surface area (Å²) in [6, 6.07) is 9.97. The Kier molecular flexibility index (Phi) is 3.85. The number of thioether (sulfide) groups is 1. The number of hydrogen-bond acceptors (Lipinski definition) is 4. The first-order valence-electron chi connectivity index (χ1n) is 6.80. The lowest BCUT2D eigenvalue weighted by molar-refractivity contribution is 0.548. The third-order valence-electron chi connectivity index (χ3n) is 3.70. The van der Waals surface area contributed by atoms with Crippen LogP contribution in [0.2, 0.25) is 0 Å². The van der Waals surface area contributed by atoms with E-state index in [1.54, 1.807) is 11.8 Å². The highest BCUT2D eigenvalue weighted by Gasteiger charge is 2.12. The first-order valence-corrected chi connectivity index (χ1v) is 8.03. The van der Waals surface area contributed by atoms with Crippen LogP contribution in [0.15, 0.2) is 46.3 Å². The second kappa shape index (κ2) is 5.81. The first-order chi connectivity index (χ1) is 10.6. The SMILES string of the molecule is CSc1ccc(Cc2c(C)cc3n(C=O)cnn3c2=O)cc1. The molecule has 112 valence electrons. The number of aromatic nitrogens is 3. The fourth-order valence-electron chi connectivity index (χ4n) is 2.45.